The number of nitrogens with zero attached hydrogens (tertiary/aromatic N) is 2. The number of rotatable bonds is 4. The first kappa shape index (κ1) is 13.5. The van der Waals surface area contributed by atoms with Crippen molar-refractivity contribution in [1.82, 2.24) is 15.1 Å². The molecule has 0 saturated heterocycles. The molecule has 96 valence electrons. The molecule has 1 amide bonds. The SMILES string of the molecule is CCn1cc(N)c(C(=O)NCCC(C)(C)C)n1. The first-order valence-corrected chi connectivity index (χ1v) is 5.94. The molecule has 0 bridgehead atoms. The summed E-state index contributed by atoms with van der Waals surface area (Å²) in [5.41, 5.74) is 6.69. The predicted octanol–water partition coefficient (Wildman–Crippen LogP) is 1.65. The molecular weight excluding hydrogens is 216 g/mol. The van der Waals surface area contributed by atoms with Gasteiger partial charge in [0.15, 0.2) is 5.69 Å². The molecule has 0 unspecified atom stereocenters. The van der Waals surface area contributed by atoms with Crippen molar-refractivity contribution in [3.8, 4) is 0 Å². The normalized spacial score (nSPS) is 11.5. The van der Waals surface area contributed by atoms with Crippen LogP contribution in [0.25, 0.3) is 0 Å². The van der Waals surface area contributed by atoms with Gasteiger partial charge < -0.3 is 11.1 Å². The molecule has 0 radical (unpaired) electrons. The monoisotopic (exact) mass is 238 g/mol. The van der Waals surface area contributed by atoms with Crippen molar-refractivity contribution in [2.24, 2.45) is 5.41 Å². The highest BCUT2D eigenvalue weighted by atomic mass is 16.1. The number of anilines is 1. The Morgan fingerprint density at radius 1 is 1.53 bits per heavy atom. The van der Waals surface area contributed by atoms with E-state index < -0.39 is 0 Å². The van der Waals surface area contributed by atoms with Crippen LogP contribution in [0.3, 0.4) is 0 Å². The van der Waals surface area contributed by atoms with Crippen LogP contribution in [0.5, 0.6) is 0 Å². The number of hydrogen-bond acceptors (Lipinski definition) is 3. The van der Waals surface area contributed by atoms with Gasteiger partial charge in [-0.1, -0.05) is 20.8 Å². The van der Waals surface area contributed by atoms with Gasteiger partial charge in [-0.15, -0.1) is 0 Å². The molecular formula is C12H22N4O. The summed E-state index contributed by atoms with van der Waals surface area (Å²) >= 11 is 0. The maximum absolute atomic E-state index is 11.8. The van der Waals surface area contributed by atoms with Crippen molar-refractivity contribution in [1.29, 1.82) is 0 Å². The van der Waals surface area contributed by atoms with Gasteiger partial charge in [-0.05, 0) is 18.8 Å². The lowest BCUT2D eigenvalue weighted by molar-refractivity contribution is 0.0944. The molecule has 5 nitrogen and oxygen atoms in total. The van der Waals surface area contributed by atoms with E-state index in [2.05, 4.69) is 31.2 Å². The number of hydrogen-bond donors (Lipinski definition) is 2. The van der Waals surface area contributed by atoms with Crippen molar-refractivity contribution in [3.63, 3.8) is 0 Å². The number of aryl methyl sites for hydroxylation is 1. The molecule has 0 fully saturated rings. The van der Waals surface area contributed by atoms with Gasteiger partial charge in [-0.2, -0.15) is 5.10 Å². The van der Waals surface area contributed by atoms with E-state index >= 15 is 0 Å². The Labute approximate surface area is 102 Å². The van der Waals surface area contributed by atoms with Crippen molar-refractivity contribution in [2.75, 3.05) is 12.3 Å². The molecule has 0 aliphatic carbocycles. The van der Waals surface area contributed by atoms with Crippen molar-refractivity contribution in [2.45, 2.75) is 40.7 Å². The molecule has 0 aromatic carbocycles. The summed E-state index contributed by atoms with van der Waals surface area (Å²) in [6, 6.07) is 0. The summed E-state index contributed by atoms with van der Waals surface area (Å²) in [6.45, 7) is 9.71. The van der Waals surface area contributed by atoms with Crippen LogP contribution >= 0.6 is 0 Å². The summed E-state index contributed by atoms with van der Waals surface area (Å²) in [6.07, 6.45) is 2.60. The van der Waals surface area contributed by atoms with Gasteiger partial charge in [0.05, 0.1) is 5.69 Å². The van der Waals surface area contributed by atoms with Gasteiger partial charge in [0, 0.05) is 19.3 Å². The molecule has 1 aromatic rings. The fourth-order valence-corrected chi connectivity index (χ4v) is 1.41. The largest absolute Gasteiger partial charge is 0.396 e. The Morgan fingerprint density at radius 2 is 2.18 bits per heavy atom. The third kappa shape index (κ3) is 4.09. The third-order valence-electron chi connectivity index (χ3n) is 2.49. The molecule has 0 aliphatic heterocycles. The Bertz CT molecular complexity index is 390. The number of nitrogens with two attached hydrogens (primary N) is 1. The molecule has 0 spiro atoms. The molecule has 1 heterocycles. The number of amides is 1. The van der Waals surface area contributed by atoms with E-state index in [1.807, 2.05) is 6.92 Å². The minimum atomic E-state index is -0.195. The Morgan fingerprint density at radius 3 is 2.65 bits per heavy atom. The third-order valence-corrected chi connectivity index (χ3v) is 2.49. The molecule has 17 heavy (non-hydrogen) atoms. The van der Waals surface area contributed by atoms with E-state index in [1.54, 1.807) is 10.9 Å². The number of carbonyl (C=O) groups excluding carboxylic acids is 1. The highest BCUT2D eigenvalue weighted by molar-refractivity contribution is 5.96. The highest BCUT2D eigenvalue weighted by Crippen LogP contribution is 2.17. The van der Waals surface area contributed by atoms with Crippen LogP contribution in [0.15, 0.2) is 6.20 Å². The summed E-state index contributed by atoms with van der Waals surface area (Å²) in [5, 5.41) is 6.96. The summed E-state index contributed by atoms with van der Waals surface area (Å²) in [4.78, 5) is 11.8. The lowest BCUT2D eigenvalue weighted by Gasteiger charge is -2.17. The van der Waals surface area contributed by atoms with E-state index in [9.17, 15) is 4.79 Å². The van der Waals surface area contributed by atoms with E-state index in [0.717, 1.165) is 6.42 Å². The van der Waals surface area contributed by atoms with E-state index in [-0.39, 0.29) is 11.3 Å². The Hall–Kier alpha value is -1.52. The number of nitrogens with one attached hydrogen (secondary N) is 1. The van der Waals surface area contributed by atoms with Crippen molar-refractivity contribution < 1.29 is 4.79 Å². The topological polar surface area (TPSA) is 72.9 Å². The van der Waals surface area contributed by atoms with Crippen LogP contribution in [-0.2, 0) is 6.54 Å². The zero-order valence-corrected chi connectivity index (χ0v) is 11.1. The average Bonchev–Trinajstić information content (AvgIpc) is 2.57. The standard InChI is InChI=1S/C12H22N4O/c1-5-16-8-9(13)10(15-16)11(17)14-7-6-12(2,3)4/h8H,5-7,13H2,1-4H3,(H,14,17). The van der Waals surface area contributed by atoms with E-state index in [0.29, 0.717) is 24.5 Å². The molecule has 3 N–H and O–H groups in total. The van der Waals surface area contributed by atoms with Crippen LogP contribution in [0.1, 0.15) is 44.6 Å². The second kappa shape index (κ2) is 5.21. The smallest absolute Gasteiger partial charge is 0.273 e. The maximum atomic E-state index is 11.8. The average molecular weight is 238 g/mol. The zero-order chi connectivity index (χ0) is 13.1. The molecule has 1 aromatic heterocycles. The van der Waals surface area contributed by atoms with Crippen molar-refractivity contribution in [3.05, 3.63) is 11.9 Å². The van der Waals surface area contributed by atoms with E-state index in [4.69, 9.17) is 5.73 Å². The lowest BCUT2D eigenvalue weighted by atomic mass is 9.92. The molecule has 1 rings (SSSR count). The van der Waals surface area contributed by atoms with Gasteiger partial charge in [0.25, 0.3) is 5.91 Å². The molecule has 0 saturated carbocycles. The van der Waals surface area contributed by atoms with Gasteiger partial charge in [0.1, 0.15) is 0 Å². The Kier molecular flexibility index (Phi) is 4.15. The molecule has 5 heteroatoms. The highest BCUT2D eigenvalue weighted by Gasteiger charge is 2.15. The second-order valence-electron chi connectivity index (χ2n) is 5.36. The summed E-state index contributed by atoms with van der Waals surface area (Å²) in [7, 11) is 0. The first-order valence-electron chi connectivity index (χ1n) is 5.94. The summed E-state index contributed by atoms with van der Waals surface area (Å²) in [5.74, 6) is -0.195. The van der Waals surface area contributed by atoms with Crippen molar-refractivity contribution >= 4 is 11.6 Å². The lowest BCUT2D eigenvalue weighted by Crippen LogP contribution is -2.28. The number of carbonyl (C=O) groups is 1. The van der Waals surface area contributed by atoms with Crippen LogP contribution < -0.4 is 11.1 Å². The second-order valence-corrected chi connectivity index (χ2v) is 5.36. The van der Waals surface area contributed by atoms with Crippen LogP contribution in [0.2, 0.25) is 0 Å². The van der Waals surface area contributed by atoms with Gasteiger partial charge >= 0.3 is 0 Å². The predicted molar refractivity (Wildman–Crippen MR) is 68.7 cm³/mol. The minimum Gasteiger partial charge on any atom is -0.396 e. The van der Waals surface area contributed by atoms with Crippen LogP contribution in [0.4, 0.5) is 5.69 Å². The fourth-order valence-electron chi connectivity index (χ4n) is 1.41. The van der Waals surface area contributed by atoms with Crippen LogP contribution in [0, 0.1) is 5.41 Å². The molecule has 0 aliphatic rings. The van der Waals surface area contributed by atoms with Gasteiger partial charge in [-0.25, -0.2) is 0 Å². The number of aromatic nitrogens is 2. The first-order chi connectivity index (χ1) is 7.83. The van der Waals surface area contributed by atoms with Gasteiger partial charge in [-0.3, -0.25) is 9.48 Å². The zero-order valence-electron chi connectivity index (χ0n) is 11.1. The minimum absolute atomic E-state index is 0.195. The maximum Gasteiger partial charge on any atom is 0.273 e. The fraction of sp³-hybridized carbons (Fsp3) is 0.667. The summed E-state index contributed by atoms with van der Waals surface area (Å²) < 4.78 is 1.66. The number of nitrogen functional groups attached to an aromatic ring is 1. The molecule has 0 atom stereocenters. The van der Waals surface area contributed by atoms with E-state index in [1.165, 1.54) is 0 Å². The Balaban J connectivity index is 2.55. The van der Waals surface area contributed by atoms with Crippen LogP contribution in [-0.4, -0.2) is 22.2 Å². The van der Waals surface area contributed by atoms with Gasteiger partial charge in [0.2, 0.25) is 0 Å². The quantitative estimate of drug-likeness (QED) is 0.837.